The smallest absolute Gasteiger partial charge is 0.165 e. The fourth-order valence-electron chi connectivity index (χ4n) is 3.44. The molecule has 2 nitrogen and oxygen atoms in total. The van der Waals surface area contributed by atoms with Crippen molar-refractivity contribution in [1.82, 2.24) is 0 Å². The van der Waals surface area contributed by atoms with E-state index in [0.717, 1.165) is 27.8 Å². The first-order valence-electron chi connectivity index (χ1n) is 10.5. The lowest BCUT2D eigenvalue weighted by molar-refractivity contribution is 0.403. The van der Waals surface area contributed by atoms with Gasteiger partial charge in [-0.1, -0.05) is 121 Å². The first kappa shape index (κ1) is 21.0. The molecular formula is C30H24O2. The Kier molecular flexibility index (Phi) is 6.64. The van der Waals surface area contributed by atoms with Crippen LogP contribution in [0.2, 0.25) is 0 Å². The van der Waals surface area contributed by atoms with Gasteiger partial charge in [-0.05, 0) is 40.0 Å². The normalized spacial score (nSPS) is 11.6. The van der Waals surface area contributed by atoms with E-state index in [1.54, 1.807) is 6.07 Å². The third-order valence-electron chi connectivity index (χ3n) is 5.13. The van der Waals surface area contributed by atoms with E-state index in [1.807, 2.05) is 127 Å². The van der Waals surface area contributed by atoms with Gasteiger partial charge in [0.25, 0.3) is 0 Å². The summed E-state index contributed by atoms with van der Waals surface area (Å²) in [6.07, 6.45) is 11.7. The number of rotatable bonds is 6. The molecular weight excluding hydrogens is 392 g/mol. The van der Waals surface area contributed by atoms with Crippen LogP contribution in [-0.4, -0.2) is 10.2 Å². The van der Waals surface area contributed by atoms with E-state index in [1.165, 1.54) is 0 Å². The van der Waals surface area contributed by atoms with E-state index in [2.05, 4.69) is 0 Å². The monoisotopic (exact) mass is 416 g/mol. The molecule has 0 fully saturated rings. The number of hydrogen-bond acceptors (Lipinski definition) is 2. The molecule has 0 spiro atoms. The maximum atomic E-state index is 10.7. The van der Waals surface area contributed by atoms with Crippen LogP contribution in [0.4, 0.5) is 0 Å². The molecule has 0 aliphatic rings. The van der Waals surface area contributed by atoms with Crippen molar-refractivity contribution < 1.29 is 10.2 Å². The van der Waals surface area contributed by atoms with Crippen LogP contribution in [-0.2, 0) is 0 Å². The van der Waals surface area contributed by atoms with Gasteiger partial charge in [0.1, 0.15) is 0 Å². The quantitative estimate of drug-likeness (QED) is 0.251. The van der Waals surface area contributed by atoms with Crippen LogP contribution in [0.25, 0.3) is 36.5 Å². The summed E-state index contributed by atoms with van der Waals surface area (Å²) in [7, 11) is 0. The van der Waals surface area contributed by atoms with Gasteiger partial charge < -0.3 is 10.2 Å². The Balaban J connectivity index is 1.82. The molecule has 32 heavy (non-hydrogen) atoms. The predicted octanol–water partition coefficient (Wildman–Crippen LogP) is 7.61. The second kappa shape index (κ2) is 10.1. The molecule has 0 unspecified atom stereocenters. The second-order valence-electron chi connectivity index (χ2n) is 7.39. The summed E-state index contributed by atoms with van der Waals surface area (Å²) < 4.78 is 0. The molecule has 0 aliphatic heterocycles. The Morgan fingerprint density at radius 2 is 0.844 bits per heavy atom. The van der Waals surface area contributed by atoms with Gasteiger partial charge in [-0.3, -0.25) is 0 Å². The highest BCUT2D eigenvalue weighted by atomic mass is 16.3. The minimum absolute atomic E-state index is 0.137. The van der Waals surface area contributed by atoms with Crippen molar-refractivity contribution >= 4 is 36.5 Å². The predicted molar refractivity (Wildman–Crippen MR) is 136 cm³/mol. The van der Waals surface area contributed by atoms with Crippen molar-refractivity contribution in [3.05, 3.63) is 130 Å². The summed E-state index contributed by atoms with van der Waals surface area (Å²) in [5.74, 6) is -0.288. The molecule has 4 rings (SSSR count). The van der Waals surface area contributed by atoms with Gasteiger partial charge in [0.15, 0.2) is 11.5 Å². The summed E-state index contributed by atoms with van der Waals surface area (Å²) in [5.41, 5.74) is 5.31. The molecule has 0 aliphatic carbocycles. The summed E-state index contributed by atoms with van der Waals surface area (Å²) in [6.45, 7) is 0. The standard InChI is InChI=1S/C30H24O2/c31-29-22-26(19-16-23-10-4-1-5-11-23)27(20-17-24-12-6-2-7-13-24)28(30(29)32)21-18-25-14-8-3-9-15-25/h1-22,31-32H/b19-16+,20-17+,21-18+. The van der Waals surface area contributed by atoms with E-state index in [4.69, 9.17) is 0 Å². The van der Waals surface area contributed by atoms with E-state index < -0.39 is 0 Å². The third-order valence-corrected chi connectivity index (χ3v) is 5.13. The van der Waals surface area contributed by atoms with E-state index in [-0.39, 0.29) is 11.5 Å². The lowest BCUT2D eigenvalue weighted by Crippen LogP contribution is -1.89. The van der Waals surface area contributed by atoms with E-state index in [0.29, 0.717) is 5.56 Å². The summed E-state index contributed by atoms with van der Waals surface area (Å²) >= 11 is 0. The average molecular weight is 417 g/mol. The van der Waals surface area contributed by atoms with Gasteiger partial charge >= 0.3 is 0 Å². The first-order chi connectivity index (χ1) is 15.7. The fraction of sp³-hybridized carbons (Fsp3) is 0. The van der Waals surface area contributed by atoms with Crippen molar-refractivity contribution in [3.8, 4) is 11.5 Å². The van der Waals surface area contributed by atoms with Crippen LogP contribution < -0.4 is 0 Å². The van der Waals surface area contributed by atoms with Crippen LogP contribution in [0.3, 0.4) is 0 Å². The molecule has 4 aromatic carbocycles. The van der Waals surface area contributed by atoms with E-state index >= 15 is 0 Å². The molecule has 0 aromatic heterocycles. The minimum atomic E-state index is -0.151. The number of phenolic OH excluding ortho intramolecular Hbond substituents is 2. The van der Waals surface area contributed by atoms with Gasteiger partial charge in [0, 0.05) is 5.56 Å². The zero-order valence-corrected chi connectivity index (χ0v) is 17.6. The van der Waals surface area contributed by atoms with Crippen molar-refractivity contribution in [1.29, 1.82) is 0 Å². The van der Waals surface area contributed by atoms with Gasteiger partial charge in [0.05, 0.1) is 0 Å². The molecule has 156 valence electrons. The van der Waals surface area contributed by atoms with Crippen molar-refractivity contribution in [2.75, 3.05) is 0 Å². The zero-order chi connectivity index (χ0) is 22.2. The Hall–Kier alpha value is -4.30. The molecule has 0 atom stereocenters. The minimum Gasteiger partial charge on any atom is -0.504 e. The molecule has 0 amide bonds. The second-order valence-corrected chi connectivity index (χ2v) is 7.39. The molecule has 0 bridgehead atoms. The maximum Gasteiger partial charge on any atom is 0.165 e. The molecule has 0 radical (unpaired) electrons. The van der Waals surface area contributed by atoms with Crippen LogP contribution >= 0.6 is 0 Å². The first-order valence-corrected chi connectivity index (χ1v) is 10.5. The maximum absolute atomic E-state index is 10.7. The lowest BCUT2D eigenvalue weighted by Gasteiger charge is -2.11. The van der Waals surface area contributed by atoms with Crippen LogP contribution in [0, 0.1) is 0 Å². The number of benzene rings is 4. The van der Waals surface area contributed by atoms with Crippen molar-refractivity contribution in [3.63, 3.8) is 0 Å². The zero-order valence-electron chi connectivity index (χ0n) is 17.6. The molecule has 4 aromatic rings. The Bertz CT molecular complexity index is 1250. The largest absolute Gasteiger partial charge is 0.504 e. The van der Waals surface area contributed by atoms with Gasteiger partial charge in [-0.2, -0.15) is 0 Å². The topological polar surface area (TPSA) is 40.5 Å². The number of phenols is 2. The summed E-state index contributed by atoms with van der Waals surface area (Å²) in [6, 6.07) is 31.5. The molecule has 2 N–H and O–H groups in total. The average Bonchev–Trinajstić information content (AvgIpc) is 2.85. The number of hydrogen-bond donors (Lipinski definition) is 2. The van der Waals surface area contributed by atoms with Crippen molar-refractivity contribution in [2.24, 2.45) is 0 Å². The highest BCUT2D eigenvalue weighted by molar-refractivity contribution is 5.89. The SMILES string of the molecule is Oc1cc(/C=C/c2ccccc2)c(/C=C/c2ccccc2)c(/C=C/c2ccccc2)c1O. The summed E-state index contributed by atoms with van der Waals surface area (Å²) in [5, 5.41) is 21.1. The third kappa shape index (κ3) is 5.24. The van der Waals surface area contributed by atoms with Gasteiger partial charge in [-0.15, -0.1) is 0 Å². The molecule has 0 saturated carbocycles. The fourth-order valence-corrected chi connectivity index (χ4v) is 3.44. The Morgan fingerprint density at radius 1 is 0.438 bits per heavy atom. The highest BCUT2D eigenvalue weighted by Gasteiger charge is 2.13. The molecule has 0 heterocycles. The molecule has 2 heteroatoms. The Morgan fingerprint density at radius 3 is 1.31 bits per heavy atom. The number of aromatic hydroxyl groups is 2. The van der Waals surface area contributed by atoms with E-state index in [9.17, 15) is 10.2 Å². The lowest BCUT2D eigenvalue weighted by atomic mass is 9.96. The Labute approximate surface area is 188 Å². The van der Waals surface area contributed by atoms with Gasteiger partial charge in [-0.25, -0.2) is 0 Å². The summed E-state index contributed by atoms with van der Waals surface area (Å²) in [4.78, 5) is 0. The van der Waals surface area contributed by atoms with Crippen molar-refractivity contribution in [2.45, 2.75) is 0 Å². The highest BCUT2D eigenvalue weighted by Crippen LogP contribution is 2.37. The molecule has 0 saturated heterocycles. The van der Waals surface area contributed by atoms with Gasteiger partial charge in [0.2, 0.25) is 0 Å². The van der Waals surface area contributed by atoms with Crippen LogP contribution in [0.5, 0.6) is 11.5 Å². The van der Waals surface area contributed by atoms with Crippen LogP contribution in [0.1, 0.15) is 33.4 Å². The van der Waals surface area contributed by atoms with Crippen LogP contribution in [0.15, 0.2) is 97.1 Å².